The third-order valence-electron chi connectivity index (χ3n) is 9.32. The third-order valence-corrected chi connectivity index (χ3v) is 9.32. The van der Waals surface area contributed by atoms with E-state index in [0.29, 0.717) is 16.7 Å². The van der Waals surface area contributed by atoms with Crippen LogP contribution in [0.25, 0.3) is 0 Å². The molecular weight excluding hydrogens is 334 g/mol. The minimum Gasteiger partial charge on any atom is -0.393 e. The van der Waals surface area contributed by atoms with Crippen LogP contribution in [0.3, 0.4) is 0 Å². The van der Waals surface area contributed by atoms with Crippen molar-refractivity contribution >= 4 is 0 Å². The second kappa shape index (κ2) is 6.43. The molecule has 2 N–H and O–H groups in total. The molecule has 0 bridgehead atoms. The van der Waals surface area contributed by atoms with Crippen molar-refractivity contribution in [2.75, 3.05) is 19.7 Å². The van der Waals surface area contributed by atoms with Gasteiger partial charge in [-0.15, -0.1) is 0 Å². The molecule has 8 atom stereocenters. The van der Waals surface area contributed by atoms with Gasteiger partial charge >= 0.3 is 0 Å². The third kappa shape index (κ3) is 2.64. The van der Waals surface area contributed by atoms with E-state index in [1.54, 1.807) is 11.1 Å². The first-order valence-electron chi connectivity index (χ1n) is 11.4. The Morgan fingerprint density at radius 3 is 2.74 bits per heavy atom. The topological polar surface area (TPSA) is 41.5 Å². The van der Waals surface area contributed by atoms with Crippen molar-refractivity contribution in [3.63, 3.8) is 0 Å². The lowest BCUT2D eigenvalue weighted by Gasteiger charge is -2.59. The van der Waals surface area contributed by atoms with Crippen molar-refractivity contribution < 1.29 is 9.84 Å². The van der Waals surface area contributed by atoms with Gasteiger partial charge in [0.05, 0.1) is 18.8 Å². The quantitative estimate of drug-likeness (QED) is 0.683. The lowest BCUT2D eigenvalue weighted by Crippen LogP contribution is -2.53. The molecule has 1 aliphatic heterocycles. The molecule has 0 aromatic heterocycles. The number of ether oxygens (including phenoxy) is 1. The van der Waals surface area contributed by atoms with Crippen LogP contribution in [-0.2, 0) is 4.74 Å². The van der Waals surface area contributed by atoms with E-state index in [1.807, 2.05) is 0 Å². The molecular formula is C24H37NO2. The summed E-state index contributed by atoms with van der Waals surface area (Å²) in [6, 6.07) is 0. The predicted molar refractivity (Wildman–Crippen MR) is 108 cm³/mol. The summed E-state index contributed by atoms with van der Waals surface area (Å²) in [5, 5.41) is 13.8. The van der Waals surface area contributed by atoms with Crippen LogP contribution in [0, 0.1) is 34.5 Å². The van der Waals surface area contributed by atoms with Gasteiger partial charge in [-0.25, -0.2) is 0 Å². The standard InChI is InChI=1S/C24H37NO2/c1-15-12-16-13-17(26)6-8-23(16,2)20-7-9-24(3)18(4-5-19(24)22(15)20)21-14-25-10-11-27-21/h4,12,15,17,19-22,25-26H,5-11,13-14H2,1-3H3/t15-,17+,19+,20+,21?,22+,23+,24-/m1/s1. The molecule has 0 amide bonds. The van der Waals surface area contributed by atoms with E-state index >= 15 is 0 Å². The van der Waals surface area contributed by atoms with Gasteiger partial charge in [0.1, 0.15) is 0 Å². The van der Waals surface area contributed by atoms with Crippen molar-refractivity contribution in [1.82, 2.24) is 5.32 Å². The highest BCUT2D eigenvalue weighted by Crippen LogP contribution is 2.66. The molecule has 1 heterocycles. The largest absolute Gasteiger partial charge is 0.393 e. The fourth-order valence-corrected chi connectivity index (χ4v) is 7.87. The van der Waals surface area contributed by atoms with Gasteiger partial charge in [0, 0.05) is 13.1 Å². The molecule has 5 rings (SSSR count). The molecule has 0 radical (unpaired) electrons. The molecule has 0 aromatic carbocycles. The number of allylic oxidation sites excluding steroid dienone is 2. The second-order valence-corrected chi connectivity index (χ2v) is 10.6. The Hall–Kier alpha value is -0.640. The molecule has 5 aliphatic rings. The number of aliphatic hydroxyl groups excluding tert-OH is 1. The van der Waals surface area contributed by atoms with E-state index in [0.717, 1.165) is 50.3 Å². The molecule has 3 heteroatoms. The average Bonchev–Trinajstić information content (AvgIpc) is 3.01. The molecule has 3 fully saturated rings. The number of hydrogen-bond donors (Lipinski definition) is 2. The fraction of sp³-hybridized carbons (Fsp3) is 0.833. The van der Waals surface area contributed by atoms with E-state index in [-0.39, 0.29) is 12.2 Å². The van der Waals surface area contributed by atoms with Crippen molar-refractivity contribution in [3.05, 3.63) is 23.3 Å². The first-order chi connectivity index (χ1) is 12.9. The first-order valence-corrected chi connectivity index (χ1v) is 11.4. The average molecular weight is 372 g/mol. The van der Waals surface area contributed by atoms with Gasteiger partial charge in [0.2, 0.25) is 0 Å². The highest BCUT2D eigenvalue weighted by molar-refractivity contribution is 5.33. The summed E-state index contributed by atoms with van der Waals surface area (Å²) in [5.74, 6) is 2.95. The van der Waals surface area contributed by atoms with Crippen LogP contribution in [0.2, 0.25) is 0 Å². The monoisotopic (exact) mass is 371 g/mol. The van der Waals surface area contributed by atoms with Crippen LogP contribution >= 0.6 is 0 Å². The summed E-state index contributed by atoms with van der Waals surface area (Å²) in [5.41, 5.74) is 3.81. The molecule has 150 valence electrons. The molecule has 0 aromatic rings. The van der Waals surface area contributed by atoms with Crippen LogP contribution in [0.4, 0.5) is 0 Å². The second-order valence-electron chi connectivity index (χ2n) is 10.6. The number of hydrogen-bond acceptors (Lipinski definition) is 3. The van der Waals surface area contributed by atoms with Crippen LogP contribution in [-0.4, -0.2) is 37.0 Å². The van der Waals surface area contributed by atoms with E-state index < -0.39 is 0 Å². The van der Waals surface area contributed by atoms with Gasteiger partial charge in [-0.05, 0) is 78.6 Å². The van der Waals surface area contributed by atoms with E-state index in [9.17, 15) is 5.11 Å². The first kappa shape index (κ1) is 18.4. The maximum absolute atomic E-state index is 10.2. The number of aliphatic hydroxyl groups is 1. The zero-order valence-electron chi connectivity index (χ0n) is 17.3. The van der Waals surface area contributed by atoms with Crippen molar-refractivity contribution in [1.29, 1.82) is 0 Å². The van der Waals surface area contributed by atoms with Gasteiger partial charge in [-0.1, -0.05) is 38.5 Å². The molecule has 4 aliphatic carbocycles. The summed E-state index contributed by atoms with van der Waals surface area (Å²) in [6.45, 7) is 10.3. The summed E-state index contributed by atoms with van der Waals surface area (Å²) in [6.07, 6.45) is 12.3. The highest BCUT2D eigenvalue weighted by atomic mass is 16.5. The SMILES string of the molecule is C[C@@H]1C=C2C[C@@H](O)CC[C@]2(C)[C@H]2CC[C@]3(C)C(C4CNCCO4)=CC[C@H]3[C@H]12. The fourth-order valence-electron chi connectivity index (χ4n) is 7.87. The minimum atomic E-state index is -0.113. The van der Waals surface area contributed by atoms with Gasteiger partial charge in [0.25, 0.3) is 0 Å². The van der Waals surface area contributed by atoms with Crippen LogP contribution in [0.1, 0.15) is 59.3 Å². The Labute approximate surface area is 164 Å². The van der Waals surface area contributed by atoms with Gasteiger partial charge < -0.3 is 15.2 Å². The van der Waals surface area contributed by atoms with Crippen LogP contribution in [0.15, 0.2) is 23.3 Å². The Morgan fingerprint density at radius 1 is 1.15 bits per heavy atom. The Morgan fingerprint density at radius 2 is 1.96 bits per heavy atom. The smallest absolute Gasteiger partial charge is 0.0915 e. The lowest BCUT2D eigenvalue weighted by molar-refractivity contribution is -0.0571. The molecule has 27 heavy (non-hydrogen) atoms. The summed E-state index contributed by atoms with van der Waals surface area (Å²) >= 11 is 0. The maximum Gasteiger partial charge on any atom is 0.0915 e. The zero-order valence-corrected chi connectivity index (χ0v) is 17.3. The van der Waals surface area contributed by atoms with E-state index in [1.165, 1.54) is 25.7 Å². The van der Waals surface area contributed by atoms with Gasteiger partial charge in [-0.2, -0.15) is 0 Å². The summed E-state index contributed by atoms with van der Waals surface area (Å²) in [7, 11) is 0. The normalized spacial score (nSPS) is 52.3. The number of morpholine rings is 1. The number of rotatable bonds is 1. The molecule has 1 saturated heterocycles. The van der Waals surface area contributed by atoms with E-state index in [2.05, 4.69) is 38.2 Å². The Bertz CT molecular complexity index is 663. The van der Waals surface area contributed by atoms with E-state index in [4.69, 9.17) is 4.74 Å². The van der Waals surface area contributed by atoms with Crippen molar-refractivity contribution in [2.24, 2.45) is 34.5 Å². The van der Waals surface area contributed by atoms with Crippen LogP contribution < -0.4 is 5.32 Å². The molecule has 0 spiro atoms. The van der Waals surface area contributed by atoms with Crippen LogP contribution in [0.5, 0.6) is 0 Å². The molecule has 1 unspecified atom stereocenters. The molecule has 3 nitrogen and oxygen atoms in total. The summed E-state index contributed by atoms with van der Waals surface area (Å²) < 4.78 is 6.19. The zero-order chi connectivity index (χ0) is 18.8. The summed E-state index contributed by atoms with van der Waals surface area (Å²) in [4.78, 5) is 0. The van der Waals surface area contributed by atoms with Crippen molar-refractivity contribution in [3.8, 4) is 0 Å². The minimum absolute atomic E-state index is 0.113. The Kier molecular flexibility index (Phi) is 4.38. The molecule has 2 saturated carbocycles. The maximum atomic E-state index is 10.2. The Balaban J connectivity index is 1.46. The lowest BCUT2D eigenvalue weighted by atomic mass is 9.45. The highest BCUT2D eigenvalue weighted by Gasteiger charge is 2.59. The van der Waals surface area contributed by atoms with Crippen molar-refractivity contribution in [2.45, 2.75) is 71.5 Å². The van der Waals surface area contributed by atoms with Gasteiger partial charge in [0.15, 0.2) is 0 Å². The van der Waals surface area contributed by atoms with Gasteiger partial charge in [-0.3, -0.25) is 0 Å². The predicted octanol–water partition coefficient (Wildman–Crippen LogP) is 4.08. The number of fused-ring (bicyclic) bond motifs is 5. The number of nitrogens with one attached hydrogen (secondary N) is 1.